The highest BCUT2D eigenvalue weighted by atomic mass is 127. The van der Waals surface area contributed by atoms with E-state index in [4.69, 9.17) is 9.15 Å². The molecule has 0 saturated heterocycles. The van der Waals surface area contributed by atoms with Gasteiger partial charge in [-0.05, 0) is 40.0 Å². The maximum absolute atomic E-state index is 6.25. The Morgan fingerprint density at radius 3 is 2.50 bits per heavy atom. The van der Waals surface area contributed by atoms with Crippen molar-refractivity contribution in [2.75, 3.05) is 19.7 Å². The van der Waals surface area contributed by atoms with Crippen molar-refractivity contribution in [1.82, 2.24) is 15.6 Å². The zero-order valence-corrected chi connectivity index (χ0v) is 19.0. The molecule has 26 heavy (non-hydrogen) atoms. The molecule has 1 aliphatic rings. The monoisotopic (exact) mass is 478 g/mol. The summed E-state index contributed by atoms with van der Waals surface area (Å²) in [5.41, 5.74) is 0.873. The van der Waals surface area contributed by atoms with Crippen LogP contribution in [0.3, 0.4) is 0 Å². The van der Waals surface area contributed by atoms with Gasteiger partial charge in [-0.15, -0.1) is 24.0 Å². The average molecular weight is 478 g/mol. The number of ether oxygens (including phenoxy) is 1. The molecule has 0 amide bonds. The largest absolute Gasteiger partial charge is 0.444 e. The first-order chi connectivity index (χ1) is 12.1. The van der Waals surface area contributed by atoms with Gasteiger partial charge in [-0.25, -0.2) is 9.98 Å². The second-order valence-corrected chi connectivity index (χ2v) is 6.89. The number of oxazole rings is 1. The Morgan fingerprint density at radius 2 is 1.92 bits per heavy atom. The molecule has 0 aliphatic heterocycles. The van der Waals surface area contributed by atoms with E-state index in [1.807, 2.05) is 13.8 Å². The lowest BCUT2D eigenvalue weighted by molar-refractivity contribution is -0.0657. The third-order valence-corrected chi connectivity index (χ3v) is 4.74. The van der Waals surface area contributed by atoms with Crippen molar-refractivity contribution in [3.05, 3.63) is 17.3 Å². The Bertz CT molecular complexity index is 534. The SMILES string of the molecule is CCCOC1(CNC(=NCc2nc(C)c(C)o2)NCC)CCCCC1.I. The fourth-order valence-corrected chi connectivity index (χ4v) is 3.23. The summed E-state index contributed by atoms with van der Waals surface area (Å²) in [6, 6.07) is 0. The summed E-state index contributed by atoms with van der Waals surface area (Å²) in [4.78, 5) is 9.01. The molecule has 2 rings (SSSR count). The van der Waals surface area contributed by atoms with E-state index in [0.29, 0.717) is 12.4 Å². The quantitative estimate of drug-likeness (QED) is 0.335. The fraction of sp³-hybridized carbons (Fsp3) is 0.789. The lowest BCUT2D eigenvalue weighted by atomic mass is 9.84. The van der Waals surface area contributed by atoms with Crippen molar-refractivity contribution < 1.29 is 9.15 Å². The van der Waals surface area contributed by atoms with E-state index in [2.05, 4.69) is 34.5 Å². The predicted octanol–water partition coefficient (Wildman–Crippen LogP) is 4.09. The van der Waals surface area contributed by atoms with Crippen LogP contribution < -0.4 is 10.6 Å². The summed E-state index contributed by atoms with van der Waals surface area (Å²) in [6.45, 7) is 11.0. The molecule has 1 aromatic rings. The Morgan fingerprint density at radius 1 is 1.19 bits per heavy atom. The van der Waals surface area contributed by atoms with Gasteiger partial charge in [0.15, 0.2) is 5.96 Å². The van der Waals surface area contributed by atoms with Crippen molar-refractivity contribution in [1.29, 1.82) is 0 Å². The van der Waals surface area contributed by atoms with Gasteiger partial charge in [0.2, 0.25) is 5.89 Å². The van der Waals surface area contributed by atoms with Gasteiger partial charge in [-0.3, -0.25) is 0 Å². The molecule has 1 aliphatic carbocycles. The van der Waals surface area contributed by atoms with Crippen LogP contribution in [-0.2, 0) is 11.3 Å². The standard InChI is InChI=1S/C19H34N4O2.HI/c1-5-12-24-19(10-8-7-9-11-19)14-22-18(20-6-2)21-13-17-23-15(3)16(4)25-17;/h5-14H2,1-4H3,(H2,20,21,22);1H. The van der Waals surface area contributed by atoms with E-state index < -0.39 is 0 Å². The molecule has 7 heteroatoms. The number of hydrogen-bond acceptors (Lipinski definition) is 4. The van der Waals surface area contributed by atoms with Gasteiger partial charge in [-0.2, -0.15) is 0 Å². The van der Waals surface area contributed by atoms with Crippen LogP contribution in [-0.4, -0.2) is 36.2 Å². The van der Waals surface area contributed by atoms with Crippen molar-refractivity contribution in [2.24, 2.45) is 4.99 Å². The third-order valence-electron chi connectivity index (χ3n) is 4.74. The molecule has 1 heterocycles. The number of aliphatic imine (C=N–C) groups is 1. The lowest BCUT2D eigenvalue weighted by Crippen LogP contribution is -2.49. The second-order valence-electron chi connectivity index (χ2n) is 6.89. The zero-order chi connectivity index (χ0) is 18.1. The Kier molecular flexibility index (Phi) is 10.5. The normalized spacial score (nSPS) is 16.8. The first-order valence-corrected chi connectivity index (χ1v) is 9.67. The van der Waals surface area contributed by atoms with E-state index in [1.54, 1.807) is 0 Å². The van der Waals surface area contributed by atoms with Gasteiger partial charge in [0.05, 0.1) is 11.3 Å². The van der Waals surface area contributed by atoms with Crippen LogP contribution in [0, 0.1) is 13.8 Å². The first kappa shape index (κ1) is 23.2. The Balaban J connectivity index is 0.00000338. The van der Waals surface area contributed by atoms with E-state index in [9.17, 15) is 0 Å². The highest BCUT2D eigenvalue weighted by Crippen LogP contribution is 2.31. The van der Waals surface area contributed by atoms with Crippen molar-refractivity contribution in [2.45, 2.75) is 78.4 Å². The van der Waals surface area contributed by atoms with Crippen LogP contribution in [0.4, 0.5) is 0 Å². The molecule has 0 spiro atoms. The fourth-order valence-electron chi connectivity index (χ4n) is 3.23. The summed E-state index contributed by atoms with van der Waals surface area (Å²) in [5.74, 6) is 2.31. The van der Waals surface area contributed by atoms with Crippen LogP contribution in [0.25, 0.3) is 0 Å². The minimum atomic E-state index is -0.0550. The summed E-state index contributed by atoms with van der Waals surface area (Å²) < 4.78 is 11.9. The number of rotatable bonds is 8. The van der Waals surface area contributed by atoms with Crippen LogP contribution >= 0.6 is 24.0 Å². The van der Waals surface area contributed by atoms with Crippen molar-refractivity contribution >= 4 is 29.9 Å². The first-order valence-electron chi connectivity index (χ1n) is 9.67. The van der Waals surface area contributed by atoms with Gasteiger partial charge in [0, 0.05) is 19.7 Å². The molecular formula is C19H35IN4O2. The molecule has 1 fully saturated rings. The number of hydrogen-bond donors (Lipinski definition) is 2. The van der Waals surface area contributed by atoms with Crippen LogP contribution in [0.2, 0.25) is 0 Å². The number of guanidine groups is 1. The van der Waals surface area contributed by atoms with Crippen molar-refractivity contribution in [3.63, 3.8) is 0 Å². The lowest BCUT2D eigenvalue weighted by Gasteiger charge is -2.37. The molecule has 1 aromatic heterocycles. The van der Waals surface area contributed by atoms with Crippen LogP contribution in [0.15, 0.2) is 9.41 Å². The van der Waals surface area contributed by atoms with Crippen LogP contribution in [0.1, 0.15) is 69.7 Å². The maximum Gasteiger partial charge on any atom is 0.216 e. The van der Waals surface area contributed by atoms with Gasteiger partial charge in [-0.1, -0.05) is 26.2 Å². The summed E-state index contributed by atoms with van der Waals surface area (Å²) in [5, 5.41) is 6.78. The Hall–Kier alpha value is -0.830. The maximum atomic E-state index is 6.25. The van der Waals surface area contributed by atoms with Gasteiger partial charge < -0.3 is 19.8 Å². The van der Waals surface area contributed by atoms with Gasteiger partial charge in [0.25, 0.3) is 0 Å². The molecule has 0 unspecified atom stereocenters. The minimum absolute atomic E-state index is 0. The molecule has 2 N–H and O–H groups in total. The molecule has 150 valence electrons. The highest BCUT2D eigenvalue weighted by molar-refractivity contribution is 14.0. The molecular weight excluding hydrogens is 443 g/mol. The molecule has 0 bridgehead atoms. The van der Waals surface area contributed by atoms with Gasteiger partial charge in [0.1, 0.15) is 12.3 Å². The zero-order valence-electron chi connectivity index (χ0n) is 16.7. The summed E-state index contributed by atoms with van der Waals surface area (Å²) in [7, 11) is 0. The predicted molar refractivity (Wildman–Crippen MR) is 116 cm³/mol. The van der Waals surface area contributed by atoms with Crippen molar-refractivity contribution in [3.8, 4) is 0 Å². The van der Waals surface area contributed by atoms with E-state index in [1.165, 1.54) is 19.3 Å². The number of aromatic nitrogens is 1. The van der Waals surface area contributed by atoms with E-state index >= 15 is 0 Å². The Labute approximate surface area is 175 Å². The van der Waals surface area contributed by atoms with Gasteiger partial charge >= 0.3 is 0 Å². The molecule has 6 nitrogen and oxygen atoms in total. The second kappa shape index (κ2) is 11.8. The molecule has 0 aromatic carbocycles. The number of aryl methyl sites for hydroxylation is 2. The highest BCUT2D eigenvalue weighted by Gasteiger charge is 2.32. The average Bonchev–Trinajstić information content (AvgIpc) is 2.94. The number of halogens is 1. The molecule has 0 atom stereocenters. The topological polar surface area (TPSA) is 71.7 Å². The number of nitrogens with one attached hydrogen (secondary N) is 2. The molecule has 0 radical (unpaired) electrons. The summed E-state index contributed by atoms with van der Waals surface area (Å²) >= 11 is 0. The smallest absolute Gasteiger partial charge is 0.216 e. The van der Waals surface area contributed by atoms with E-state index in [-0.39, 0.29) is 29.6 Å². The summed E-state index contributed by atoms with van der Waals surface area (Å²) in [6.07, 6.45) is 7.10. The third kappa shape index (κ3) is 7.06. The van der Waals surface area contributed by atoms with E-state index in [0.717, 1.165) is 56.4 Å². The number of nitrogens with zero attached hydrogens (tertiary/aromatic N) is 2. The molecule has 1 saturated carbocycles. The van der Waals surface area contributed by atoms with Crippen LogP contribution in [0.5, 0.6) is 0 Å². The minimum Gasteiger partial charge on any atom is -0.444 e.